The van der Waals surface area contributed by atoms with Crippen molar-refractivity contribution in [3.63, 3.8) is 0 Å². The predicted octanol–water partition coefficient (Wildman–Crippen LogP) is 3.53. The van der Waals surface area contributed by atoms with Crippen LogP contribution in [0.15, 0.2) is 62.0 Å². The molecule has 0 aromatic heterocycles. The Morgan fingerprint density at radius 1 is 1.24 bits per heavy atom. The van der Waals surface area contributed by atoms with Crippen LogP contribution in [0.1, 0.15) is 29.8 Å². The first-order valence-corrected chi connectivity index (χ1v) is 21.0. The number of carbonyl (C=O) groups is 1. The van der Waals surface area contributed by atoms with Crippen molar-refractivity contribution < 1.29 is 19.7 Å². The molecule has 0 aliphatic heterocycles. The number of benzene rings is 2. The topological polar surface area (TPSA) is 105 Å². The van der Waals surface area contributed by atoms with Gasteiger partial charge in [-0.15, -0.1) is 0 Å². The number of hydrogen-bond acceptors (Lipinski definition) is 5. The predicted molar refractivity (Wildman–Crippen MR) is 118 cm³/mol. The van der Waals surface area contributed by atoms with Gasteiger partial charge in [0.05, 0.1) is 0 Å². The number of allylic oxidation sites excluding steroid dienone is 1. The van der Waals surface area contributed by atoms with E-state index in [0.717, 1.165) is 26.1 Å². The molecule has 2 aromatic carbocycles. The fourth-order valence-corrected chi connectivity index (χ4v) is 10.1. The van der Waals surface area contributed by atoms with Crippen LogP contribution in [0.25, 0.3) is 11.1 Å². The van der Waals surface area contributed by atoms with Gasteiger partial charge in [-0.1, -0.05) is 0 Å². The third kappa shape index (κ3) is 6.92. The second kappa shape index (κ2) is 12.2. The molecule has 6 nitrogen and oxygen atoms in total. The molecule has 0 fully saturated rings. The van der Waals surface area contributed by atoms with Gasteiger partial charge < -0.3 is 0 Å². The summed E-state index contributed by atoms with van der Waals surface area (Å²) < 4.78 is 10.7. The van der Waals surface area contributed by atoms with E-state index >= 15 is 0 Å². The average molecular weight is 602 g/mol. The molecule has 0 aliphatic carbocycles. The number of aliphatic hydroxyl groups is 1. The molecule has 2 rings (SSSR count). The molecule has 0 saturated carbocycles. The summed E-state index contributed by atoms with van der Waals surface area (Å²) in [5.74, 6) is -0.381. The fourth-order valence-electron chi connectivity index (χ4n) is 2.59. The van der Waals surface area contributed by atoms with Crippen LogP contribution >= 0.6 is 11.9 Å². The van der Waals surface area contributed by atoms with Crippen molar-refractivity contribution in [2.75, 3.05) is 6.61 Å². The summed E-state index contributed by atoms with van der Waals surface area (Å²) in [6, 6.07) is 12.8. The van der Waals surface area contributed by atoms with Gasteiger partial charge in [0, 0.05) is 0 Å². The summed E-state index contributed by atoms with van der Waals surface area (Å²) in [6.07, 6.45) is 0.212. The number of carboxylic acid groups (broad SMARTS) is 1. The number of aliphatic hydroxyl groups excluding tert-OH is 1. The van der Waals surface area contributed by atoms with Crippen molar-refractivity contribution >= 4 is 73.0 Å². The van der Waals surface area contributed by atoms with Crippen LogP contribution in [-0.4, -0.2) is 77.9 Å². The molecule has 29 heavy (non-hydrogen) atoms. The zero-order chi connectivity index (χ0) is 21.4. The Morgan fingerprint density at radius 2 is 1.97 bits per heavy atom. The monoisotopic (exact) mass is 603 g/mol. The van der Waals surface area contributed by atoms with Gasteiger partial charge in [-0.25, -0.2) is 0 Å². The molecule has 0 saturated heterocycles. The molecular weight excluding hydrogens is 581 g/mol. The number of hydrogen-bond donors (Lipinski definition) is 3. The minimum atomic E-state index is -0.973. The molecule has 0 spiro atoms. The average Bonchev–Trinajstić information content (AvgIpc) is 2.71. The summed E-state index contributed by atoms with van der Waals surface area (Å²) in [6.45, 7) is 4.39. The Balaban J connectivity index is 2.47. The van der Waals surface area contributed by atoms with E-state index in [1.165, 1.54) is 11.9 Å². The Labute approximate surface area is 207 Å². The van der Waals surface area contributed by atoms with Crippen LogP contribution in [0.3, 0.4) is 0 Å². The van der Waals surface area contributed by atoms with E-state index in [0.29, 0.717) is 62.1 Å². The van der Waals surface area contributed by atoms with E-state index in [2.05, 4.69) is 4.40 Å². The van der Waals surface area contributed by atoms with Gasteiger partial charge in [0.15, 0.2) is 0 Å². The van der Waals surface area contributed by atoms with Crippen molar-refractivity contribution in [3.05, 3.63) is 63.8 Å². The number of amidine groups is 1. The quantitative estimate of drug-likeness (QED) is 0.134. The normalized spacial score (nSPS) is 12.5. The summed E-state index contributed by atoms with van der Waals surface area (Å²) >= 11 is 1.77. The summed E-state index contributed by atoms with van der Waals surface area (Å²) in [4.78, 5) is 12.3. The Bertz CT molecular complexity index is 946. The van der Waals surface area contributed by atoms with Gasteiger partial charge in [-0.05, 0) is 0 Å². The third-order valence-corrected chi connectivity index (χ3v) is 11.2. The number of aromatic carboxylic acids is 1. The van der Waals surface area contributed by atoms with E-state index in [1.54, 1.807) is 25.1 Å². The second-order valence-corrected chi connectivity index (χ2v) is 12.9. The molecule has 149 valence electrons. The van der Waals surface area contributed by atoms with E-state index in [-0.39, 0.29) is 17.5 Å². The molecule has 0 heterocycles. The van der Waals surface area contributed by atoms with E-state index < -0.39 is 5.97 Å². The number of nitrogens with two attached hydrogens (primary N) is 1. The molecule has 9 heteroatoms. The van der Waals surface area contributed by atoms with Crippen LogP contribution in [-0.2, 0) is 11.3 Å². The first-order chi connectivity index (χ1) is 13.9. The van der Waals surface area contributed by atoms with Crippen LogP contribution in [0.5, 0.6) is 0 Å². The number of nitrogens with zero attached hydrogens (tertiary/aromatic N) is 1. The van der Waals surface area contributed by atoms with Crippen LogP contribution in [0.4, 0.5) is 0 Å². The summed E-state index contributed by atoms with van der Waals surface area (Å²) in [7, 11) is 0. The zero-order valence-electron chi connectivity index (χ0n) is 16.2. The van der Waals surface area contributed by atoms with Gasteiger partial charge in [0.2, 0.25) is 0 Å². The van der Waals surface area contributed by atoms with Gasteiger partial charge in [0.25, 0.3) is 0 Å². The summed E-state index contributed by atoms with van der Waals surface area (Å²) in [5.41, 5.74) is 8.93. The maximum absolute atomic E-state index is 11.4. The van der Waals surface area contributed by atoms with Gasteiger partial charge in [0.1, 0.15) is 0 Å². The Hall–Kier alpha value is -0.679. The minimum absolute atomic E-state index is 0.212. The molecule has 0 aliphatic rings. The van der Waals surface area contributed by atoms with E-state index in [4.69, 9.17) is 10.5 Å². The second-order valence-electron chi connectivity index (χ2n) is 5.94. The summed E-state index contributed by atoms with van der Waals surface area (Å²) in [5, 5.41) is 19.1. The molecule has 0 unspecified atom stereocenters. The number of carboxylic acids is 1. The van der Waals surface area contributed by atoms with Crippen molar-refractivity contribution in [2.45, 2.75) is 25.3 Å². The SMILES string of the molecule is CCOCc1cc(C(=O)O)ccc1-c1ccccc1SN=C(N)/C([Se][Ba])=C(/C)O. The van der Waals surface area contributed by atoms with Crippen LogP contribution in [0.2, 0.25) is 0 Å². The molecule has 0 amide bonds. The third-order valence-electron chi connectivity index (χ3n) is 3.94. The van der Waals surface area contributed by atoms with Crippen LogP contribution in [0, 0.1) is 0 Å². The van der Waals surface area contributed by atoms with Gasteiger partial charge in [-0.3, -0.25) is 0 Å². The number of rotatable bonds is 9. The van der Waals surface area contributed by atoms with Gasteiger partial charge >= 0.3 is 210 Å². The maximum atomic E-state index is 11.4. The molecule has 0 atom stereocenters. The molecular formula is C20H21BaN2O4SSe. The fraction of sp³-hybridized carbons (Fsp3) is 0.200. The van der Waals surface area contributed by atoms with Crippen molar-refractivity contribution in [1.82, 2.24) is 0 Å². The first kappa shape index (κ1) is 24.6. The molecule has 4 N–H and O–H groups in total. The van der Waals surface area contributed by atoms with Crippen molar-refractivity contribution in [1.29, 1.82) is 0 Å². The number of ether oxygens (including phenoxy) is 1. The molecule has 0 bridgehead atoms. The molecule has 1 radical (unpaired) electrons. The Kier molecular flexibility index (Phi) is 10.4. The van der Waals surface area contributed by atoms with Gasteiger partial charge in [-0.2, -0.15) is 0 Å². The van der Waals surface area contributed by atoms with Crippen molar-refractivity contribution in [3.8, 4) is 11.1 Å². The van der Waals surface area contributed by atoms with Crippen LogP contribution < -0.4 is 5.73 Å². The van der Waals surface area contributed by atoms with E-state index in [1.807, 2.05) is 31.2 Å². The Morgan fingerprint density at radius 3 is 2.59 bits per heavy atom. The standard InChI is InChI=1S/C20H22N2O4SSe.Ba/c1-3-26-11-14-10-13(20(24)25)8-9-15(14)16-6-4-5-7-17(16)27-22-19(21)18(28)12(2)23;/h4-10,23,28H,3,11H2,1-2H3,(H2,21,22)(H,24,25);/q;+1/p-1/b18-12+;. The zero-order valence-corrected chi connectivity index (χ0v) is 23.2. The van der Waals surface area contributed by atoms with E-state index in [9.17, 15) is 15.0 Å². The molecule has 2 aromatic rings. The van der Waals surface area contributed by atoms with Crippen molar-refractivity contribution in [2.24, 2.45) is 10.1 Å². The first-order valence-electron chi connectivity index (χ1n) is 8.75.